The Morgan fingerprint density at radius 3 is 2.94 bits per heavy atom. The van der Waals surface area contributed by atoms with Crippen LogP contribution < -0.4 is 11.1 Å². The molecule has 1 aromatic heterocycles. The van der Waals surface area contributed by atoms with Crippen LogP contribution in [0.2, 0.25) is 5.15 Å². The molecule has 1 aliphatic rings. The molecule has 0 fully saturated rings. The Labute approximate surface area is 109 Å². The van der Waals surface area contributed by atoms with Gasteiger partial charge in [0.15, 0.2) is 0 Å². The molecule has 6 heteroatoms. The van der Waals surface area contributed by atoms with E-state index >= 15 is 0 Å². The first-order valence-corrected chi connectivity index (χ1v) is 5.85. The molecule has 3 N–H and O–H groups in total. The lowest BCUT2D eigenvalue weighted by molar-refractivity contribution is -0.115. The fraction of sp³-hybridized carbons (Fsp3) is 0.167. The molecular weight excluding hydrogens is 252 g/mol. The van der Waals surface area contributed by atoms with Gasteiger partial charge in [-0.25, -0.2) is 4.98 Å². The smallest absolute Gasteiger partial charge is 0.228 e. The average molecular weight is 263 g/mol. The molecule has 0 bridgehead atoms. The van der Waals surface area contributed by atoms with Crippen LogP contribution in [0.4, 0.5) is 11.6 Å². The second-order valence-corrected chi connectivity index (χ2v) is 4.62. The molecule has 18 heavy (non-hydrogen) atoms. The normalized spacial score (nSPS) is 13.6. The topological polar surface area (TPSA) is 72.9 Å². The maximum atomic E-state index is 11.3. The third-order valence-corrected chi connectivity index (χ3v) is 3.50. The van der Waals surface area contributed by atoms with Crippen LogP contribution in [0.3, 0.4) is 0 Å². The number of fused-ring (bicyclic) bond motifs is 1. The van der Waals surface area contributed by atoms with Crippen LogP contribution in [-0.4, -0.2) is 15.5 Å². The van der Waals surface area contributed by atoms with Crippen LogP contribution in [-0.2, 0) is 18.3 Å². The summed E-state index contributed by atoms with van der Waals surface area (Å²) in [7, 11) is 1.76. The fourth-order valence-corrected chi connectivity index (χ4v) is 2.29. The van der Waals surface area contributed by atoms with Crippen molar-refractivity contribution in [1.29, 1.82) is 0 Å². The number of benzene rings is 1. The van der Waals surface area contributed by atoms with E-state index in [1.54, 1.807) is 11.6 Å². The molecule has 0 aliphatic carbocycles. The number of rotatable bonds is 1. The number of nitrogens with two attached hydrogens (primary N) is 1. The molecule has 0 unspecified atom stereocenters. The molecule has 1 aliphatic heterocycles. The molecule has 1 aromatic carbocycles. The third-order valence-electron chi connectivity index (χ3n) is 3.06. The van der Waals surface area contributed by atoms with E-state index in [9.17, 15) is 4.79 Å². The van der Waals surface area contributed by atoms with Gasteiger partial charge in [-0.15, -0.1) is 0 Å². The molecule has 0 spiro atoms. The number of nitrogen functional groups attached to an aromatic ring is 1. The van der Waals surface area contributed by atoms with Crippen molar-refractivity contribution in [2.45, 2.75) is 6.42 Å². The molecule has 0 radical (unpaired) electrons. The van der Waals surface area contributed by atoms with Crippen LogP contribution in [0.5, 0.6) is 0 Å². The van der Waals surface area contributed by atoms with Gasteiger partial charge >= 0.3 is 0 Å². The first-order valence-electron chi connectivity index (χ1n) is 5.47. The number of anilines is 2. The average Bonchev–Trinajstić information content (AvgIpc) is 2.82. The fourth-order valence-electron chi connectivity index (χ4n) is 2.06. The maximum absolute atomic E-state index is 11.3. The van der Waals surface area contributed by atoms with E-state index < -0.39 is 0 Å². The van der Waals surface area contributed by atoms with Gasteiger partial charge in [0, 0.05) is 18.3 Å². The molecule has 0 saturated carbocycles. The zero-order chi connectivity index (χ0) is 12.9. The van der Waals surface area contributed by atoms with E-state index in [0.29, 0.717) is 23.2 Å². The van der Waals surface area contributed by atoms with E-state index in [4.69, 9.17) is 17.3 Å². The molecule has 0 atom stereocenters. The zero-order valence-electron chi connectivity index (χ0n) is 9.70. The number of amides is 1. The summed E-state index contributed by atoms with van der Waals surface area (Å²) in [4.78, 5) is 15.5. The maximum Gasteiger partial charge on any atom is 0.228 e. The van der Waals surface area contributed by atoms with Crippen molar-refractivity contribution in [2.75, 3.05) is 11.1 Å². The van der Waals surface area contributed by atoms with Gasteiger partial charge in [0.25, 0.3) is 0 Å². The van der Waals surface area contributed by atoms with E-state index in [0.717, 1.165) is 16.8 Å². The summed E-state index contributed by atoms with van der Waals surface area (Å²) in [6.45, 7) is 0. The summed E-state index contributed by atoms with van der Waals surface area (Å²) < 4.78 is 1.62. The number of nitrogens with one attached hydrogen (secondary N) is 1. The Kier molecular flexibility index (Phi) is 2.31. The number of aromatic nitrogens is 2. The Bertz CT molecular complexity index is 662. The number of imidazole rings is 1. The minimum atomic E-state index is 0.00813. The van der Waals surface area contributed by atoms with Crippen LogP contribution >= 0.6 is 11.6 Å². The van der Waals surface area contributed by atoms with E-state index in [2.05, 4.69) is 10.3 Å². The third kappa shape index (κ3) is 1.55. The molecule has 92 valence electrons. The lowest BCUT2D eigenvalue weighted by Gasteiger charge is -2.02. The Balaban J connectivity index is 2.11. The predicted molar refractivity (Wildman–Crippen MR) is 70.4 cm³/mol. The van der Waals surface area contributed by atoms with Crippen LogP contribution in [0, 0.1) is 0 Å². The minimum Gasteiger partial charge on any atom is -0.369 e. The predicted octanol–water partition coefficient (Wildman–Crippen LogP) is 1.82. The summed E-state index contributed by atoms with van der Waals surface area (Å²) >= 11 is 6.17. The minimum absolute atomic E-state index is 0.00813. The van der Waals surface area contributed by atoms with Gasteiger partial charge in [0.1, 0.15) is 10.8 Å². The highest BCUT2D eigenvalue weighted by molar-refractivity contribution is 6.32. The molecule has 1 amide bonds. The molecule has 5 nitrogen and oxygen atoms in total. The lowest BCUT2D eigenvalue weighted by Crippen LogP contribution is -2.03. The summed E-state index contributed by atoms with van der Waals surface area (Å²) in [5.74, 6) is 0.374. The number of hydrogen-bond donors (Lipinski definition) is 2. The van der Waals surface area contributed by atoms with Gasteiger partial charge in [-0.3, -0.25) is 4.79 Å². The SMILES string of the molecule is Cn1c(N)nc(-c2ccc3c(c2)CC(=O)N3)c1Cl. The molecular formula is C12H11ClN4O. The molecule has 3 rings (SSSR count). The summed E-state index contributed by atoms with van der Waals surface area (Å²) in [5.41, 5.74) is 9.02. The lowest BCUT2D eigenvalue weighted by atomic mass is 10.1. The second kappa shape index (κ2) is 3.74. The highest BCUT2D eigenvalue weighted by atomic mass is 35.5. The number of carbonyl (C=O) groups excluding carboxylic acids is 1. The summed E-state index contributed by atoms with van der Waals surface area (Å²) in [5, 5.41) is 3.28. The number of hydrogen-bond acceptors (Lipinski definition) is 3. The van der Waals surface area contributed by atoms with Crippen molar-refractivity contribution in [3.63, 3.8) is 0 Å². The Hall–Kier alpha value is -2.01. The highest BCUT2D eigenvalue weighted by Crippen LogP contribution is 2.32. The zero-order valence-corrected chi connectivity index (χ0v) is 10.5. The van der Waals surface area contributed by atoms with E-state index in [1.165, 1.54) is 0 Å². The van der Waals surface area contributed by atoms with Crippen molar-refractivity contribution >= 4 is 29.1 Å². The van der Waals surface area contributed by atoms with Gasteiger partial charge in [0.2, 0.25) is 11.9 Å². The van der Waals surface area contributed by atoms with Crippen LogP contribution in [0.1, 0.15) is 5.56 Å². The van der Waals surface area contributed by atoms with E-state index in [-0.39, 0.29) is 5.91 Å². The van der Waals surface area contributed by atoms with Gasteiger partial charge in [0.05, 0.1) is 6.42 Å². The van der Waals surface area contributed by atoms with Crippen molar-refractivity contribution in [1.82, 2.24) is 9.55 Å². The van der Waals surface area contributed by atoms with E-state index in [1.807, 2.05) is 18.2 Å². The van der Waals surface area contributed by atoms with Gasteiger partial charge in [-0.1, -0.05) is 17.7 Å². The number of nitrogens with zero attached hydrogens (tertiary/aromatic N) is 2. The second-order valence-electron chi connectivity index (χ2n) is 4.27. The number of halogens is 1. The van der Waals surface area contributed by atoms with Gasteiger partial charge in [-0.2, -0.15) is 0 Å². The van der Waals surface area contributed by atoms with Crippen LogP contribution in [0.15, 0.2) is 18.2 Å². The standard InChI is InChI=1S/C12H11ClN4O/c1-17-11(13)10(16-12(17)14)6-2-3-8-7(4-6)5-9(18)15-8/h2-4H,5H2,1H3,(H2,14,16)(H,15,18). The van der Waals surface area contributed by atoms with Crippen molar-refractivity contribution in [3.05, 3.63) is 28.9 Å². The Morgan fingerprint density at radius 1 is 1.50 bits per heavy atom. The van der Waals surface area contributed by atoms with Crippen molar-refractivity contribution in [2.24, 2.45) is 7.05 Å². The summed E-state index contributed by atoms with van der Waals surface area (Å²) in [6.07, 6.45) is 0.392. The number of carbonyl (C=O) groups is 1. The molecule has 2 heterocycles. The quantitative estimate of drug-likeness (QED) is 0.823. The van der Waals surface area contributed by atoms with Crippen molar-refractivity contribution < 1.29 is 4.79 Å². The molecule has 2 aromatic rings. The molecule has 0 saturated heterocycles. The van der Waals surface area contributed by atoms with Gasteiger partial charge < -0.3 is 15.6 Å². The van der Waals surface area contributed by atoms with Crippen LogP contribution in [0.25, 0.3) is 11.3 Å². The van der Waals surface area contributed by atoms with Crippen molar-refractivity contribution in [3.8, 4) is 11.3 Å². The summed E-state index contributed by atoms with van der Waals surface area (Å²) in [6, 6.07) is 5.65. The first-order chi connectivity index (χ1) is 8.56. The first kappa shape index (κ1) is 11.1. The van der Waals surface area contributed by atoms with Gasteiger partial charge in [-0.05, 0) is 17.7 Å². The Morgan fingerprint density at radius 2 is 2.28 bits per heavy atom. The highest BCUT2D eigenvalue weighted by Gasteiger charge is 2.20. The monoisotopic (exact) mass is 262 g/mol. The largest absolute Gasteiger partial charge is 0.369 e.